The molecule has 2 nitrogen and oxygen atoms in total. The van der Waals surface area contributed by atoms with Crippen molar-refractivity contribution >= 4 is 0 Å². The Morgan fingerprint density at radius 3 is 2.82 bits per heavy atom. The Hall–Kier alpha value is -0.0800. The molecule has 0 radical (unpaired) electrons. The summed E-state index contributed by atoms with van der Waals surface area (Å²) < 4.78 is 0. The molecule has 0 aromatic heterocycles. The lowest BCUT2D eigenvalue weighted by atomic mass is 10.1. The highest BCUT2D eigenvalue weighted by atomic mass is 15.2. The number of nitrogens with one attached hydrogen (secondary N) is 1. The molecule has 1 aliphatic heterocycles. The maximum atomic E-state index is 3.53. The normalized spacial score (nSPS) is 27.8. The van der Waals surface area contributed by atoms with Crippen LogP contribution in [0.4, 0.5) is 0 Å². The zero-order valence-corrected chi connectivity index (χ0v) is 7.93. The summed E-state index contributed by atoms with van der Waals surface area (Å²) in [6, 6.07) is 1.43. The minimum atomic E-state index is 0.697. The van der Waals surface area contributed by atoms with Crippen molar-refractivity contribution in [2.24, 2.45) is 0 Å². The zero-order chi connectivity index (χ0) is 8.27. The van der Waals surface area contributed by atoms with E-state index in [0.717, 1.165) is 12.6 Å². The Morgan fingerprint density at radius 2 is 2.36 bits per heavy atom. The summed E-state index contributed by atoms with van der Waals surface area (Å²) in [5, 5.41) is 3.53. The van der Waals surface area contributed by atoms with Gasteiger partial charge in [0.25, 0.3) is 0 Å². The SMILES string of the molecule is CCN(C)C(C)C1CCCN1. The lowest BCUT2D eigenvalue weighted by Gasteiger charge is -2.28. The van der Waals surface area contributed by atoms with Gasteiger partial charge in [0, 0.05) is 12.1 Å². The van der Waals surface area contributed by atoms with Gasteiger partial charge in [0.2, 0.25) is 0 Å². The van der Waals surface area contributed by atoms with E-state index in [2.05, 4.69) is 31.1 Å². The molecule has 0 amide bonds. The topological polar surface area (TPSA) is 15.3 Å². The molecule has 0 aliphatic carbocycles. The quantitative estimate of drug-likeness (QED) is 0.658. The van der Waals surface area contributed by atoms with Crippen LogP contribution in [0.3, 0.4) is 0 Å². The summed E-state index contributed by atoms with van der Waals surface area (Å²) in [4.78, 5) is 2.41. The van der Waals surface area contributed by atoms with Gasteiger partial charge in [-0.1, -0.05) is 6.92 Å². The van der Waals surface area contributed by atoms with Gasteiger partial charge in [0.05, 0.1) is 0 Å². The zero-order valence-electron chi connectivity index (χ0n) is 7.93. The molecule has 0 bridgehead atoms. The molecule has 0 aromatic rings. The van der Waals surface area contributed by atoms with E-state index in [0.29, 0.717) is 6.04 Å². The predicted molar refractivity (Wildman–Crippen MR) is 48.8 cm³/mol. The van der Waals surface area contributed by atoms with Crippen LogP contribution < -0.4 is 5.32 Å². The van der Waals surface area contributed by atoms with Gasteiger partial charge in [-0.2, -0.15) is 0 Å². The second kappa shape index (κ2) is 4.07. The Labute approximate surface area is 70.0 Å². The van der Waals surface area contributed by atoms with Gasteiger partial charge in [0.15, 0.2) is 0 Å². The van der Waals surface area contributed by atoms with E-state index >= 15 is 0 Å². The highest BCUT2D eigenvalue weighted by molar-refractivity contribution is 4.83. The first-order valence-corrected chi connectivity index (χ1v) is 4.69. The van der Waals surface area contributed by atoms with Crippen LogP contribution in [0.2, 0.25) is 0 Å². The smallest absolute Gasteiger partial charge is 0.0221 e. The van der Waals surface area contributed by atoms with Crippen LogP contribution in [-0.4, -0.2) is 37.1 Å². The van der Waals surface area contributed by atoms with E-state index in [1.165, 1.54) is 19.4 Å². The van der Waals surface area contributed by atoms with Crippen LogP contribution in [0.1, 0.15) is 26.7 Å². The molecule has 1 heterocycles. The van der Waals surface area contributed by atoms with Gasteiger partial charge in [-0.15, -0.1) is 0 Å². The summed E-state index contributed by atoms with van der Waals surface area (Å²) in [5.74, 6) is 0. The molecular formula is C9H20N2. The van der Waals surface area contributed by atoms with Gasteiger partial charge >= 0.3 is 0 Å². The first kappa shape index (κ1) is 9.01. The Kier molecular flexibility index (Phi) is 3.34. The number of hydrogen-bond donors (Lipinski definition) is 1. The Morgan fingerprint density at radius 1 is 1.64 bits per heavy atom. The molecule has 2 atom stereocenters. The lowest BCUT2D eigenvalue weighted by Crippen LogP contribution is -2.43. The van der Waals surface area contributed by atoms with Crippen molar-refractivity contribution in [3.63, 3.8) is 0 Å². The van der Waals surface area contributed by atoms with E-state index in [4.69, 9.17) is 0 Å². The molecule has 2 unspecified atom stereocenters. The first-order chi connectivity index (χ1) is 5.25. The molecule has 0 aromatic carbocycles. The molecule has 66 valence electrons. The van der Waals surface area contributed by atoms with Crippen LogP contribution in [0.15, 0.2) is 0 Å². The monoisotopic (exact) mass is 156 g/mol. The fraction of sp³-hybridized carbons (Fsp3) is 1.00. The standard InChI is InChI=1S/C9H20N2/c1-4-11(3)8(2)9-6-5-7-10-9/h8-10H,4-7H2,1-3H3. The predicted octanol–water partition coefficient (Wildman–Crippen LogP) is 1.08. The van der Waals surface area contributed by atoms with E-state index in [1.54, 1.807) is 0 Å². The number of nitrogens with zero attached hydrogens (tertiary/aromatic N) is 1. The fourth-order valence-corrected chi connectivity index (χ4v) is 1.72. The highest BCUT2D eigenvalue weighted by Crippen LogP contribution is 2.12. The van der Waals surface area contributed by atoms with Crippen molar-refractivity contribution in [1.82, 2.24) is 10.2 Å². The summed E-state index contributed by atoms with van der Waals surface area (Å²) in [5.41, 5.74) is 0. The van der Waals surface area contributed by atoms with Crippen molar-refractivity contribution in [2.75, 3.05) is 20.1 Å². The second-order valence-corrected chi connectivity index (χ2v) is 3.52. The Bertz CT molecular complexity index is 108. The molecule has 11 heavy (non-hydrogen) atoms. The molecule has 0 saturated carbocycles. The first-order valence-electron chi connectivity index (χ1n) is 4.69. The molecule has 2 heteroatoms. The van der Waals surface area contributed by atoms with Crippen molar-refractivity contribution in [3.8, 4) is 0 Å². The Balaban J connectivity index is 2.32. The summed E-state index contributed by atoms with van der Waals surface area (Å²) >= 11 is 0. The van der Waals surface area contributed by atoms with Crippen molar-refractivity contribution in [1.29, 1.82) is 0 Å². The number of hydrogen-bond acceptors (Lipinski definition) is 2. The van der Waals surface area contributed by atoms with E-state index < -0.39 is 0 Å². The maximum absolute atomic E-state index is 3.53. The van der Waals surface area contributed by atoms with Crippen molar-refractivity contribution < 1.29 is 0 Å². The average molecular weight is 156 g/mol. The van der Waals surface area contributed by atoms with Gasteiger partial charge in [-0.25, -0.2) is 0 Å². The highest BCUT2D eigenvalue weighted by Gasteiger charge is 2.22. The van der Waals surface area contributed by atoms with Crippen molar-refractivity contribution in [2.45, 2.75) is 38.8 Å². The minimum absolute atomic E-state index is 0.697. The van der Waals surface area contributed by atoms with Crippen LogP contribution in [0.5, 0.6) is 0 Å². The van der Waals surface area contributed by atoms with Crippen LogP contribution in [0, 0.1) is 0 Å². The molecule has 0 spiro atoms. The summed E-state index contributed by atoms with van der Waals surface area (Å²) in [6.45, 7) is 6.89. The van der Waals surface area contributed by atoms with Gasteiger partial charge in [0.1, 0.15) is 0 Å². The molecule has 1 N–H and O–H groups in total. The number of likely N-dealkylation sites (N-methyl/N-ethyl adjacent to an activating group) is 1. The molecule has 1 rings (SSSR count). The second-order valence-electron chi connectivity index (χ2n) is 3.52. The van der Waals surface area contributed by atoms with Crippen molar-refractivity contribution in [3.05, 3.63) is 0 Å². The van der Waals surface area contributed by atoms with Crippen LogP contribution in [0.25, 0.3) is 0 Å². The van der Waals surface area contributed by atoms with Gasteiger partial charge < -0.3 is 10.2 Å². The molecular weight excluding hydrogens is 136 g/mol. The van der Waals surface area contributed by atoms with Crippen LogP contribution >= 0.6 is 0 Å². The molecule has 1 saturated heterocycles. The van der Waals surface area contributed by atoms with E-state index in [1.807, 2.05) is 0 Å². The van der Waals surface area contributed by atoms with Crippen LogP contribution in [-0.2, 0) is 0 Å². The third kappa shape index (κ3) is 2.17. The fourth-order valence-electron chi connectivity index (χ4n) is 1.72. The third-order valence-corrected chi connectivity index (χ3v) is 2.87. The average Bonchev–Trinajstić information content (AvgIpc) is 2.53. The molecule has 1 aliphatic rings. The van der Waals surface area contributed by atoms with Gasteiger partial charge in [-0.05, 0) is 39.9 Å². The molecule has 1 fully saturated rings. The van der Waals surface area contributed by atoms with Gasteiger partial charge in [-0.3, -0.25) is 0 Å². The van der Waals surface area contributed by atoms with E-state index in [-0.39, 0.29) is 0 Å². The lowest BCUT2D eigenvalue weighted by molar-refractivity contribution is 0.226. The minimum Gasteiger partial charge on any atom is -0.312 e. The largest absolute Gasteiger partial charge is 0.312 e. The maximum Gasteiger partial charge on any atom is 0.0221 e. The third-order valence-electron chi connectivity index (χ3n) is 2.87. The summed E-state index contributed by atoms with van der Waals surface area (Å²) in [7, 11) is 2.20. The number of rotatable bonds is 3. The summed E-state index contributed by atoms with van der Waals surface area (Å²) in [6.07, 6.45) is 2.71. The van der Waals surface area contributed by atoms with E-state index in [9.17, 15) is 0 Å².